The van der Waals surface area contributed by atoms with Gasteiger partial charge in [-0.1, -0.05) is 0 Å². The smallest absolute Gasteiger partial charge is 0.227 e. The maximum atomic E-state index is 11.1. The summed E-state index contributed by atoms with van der Waals surface area (Å²) in [6, 6.07) is 2.10. The number of rotatable bonds is 3. The number of aliphatic hydroxyl groups is 1. The molecule has 2 N–H and O–H groups in total. The molecular formula is C15H23N5O2. The monoisotopic (exact) mass is 305 g/mol. The summed E-state index contributed by atoms with van der Waals surface area (Å²) < 4.78 is 0. The van der Waals surface area contributed by atoms with Gasteiger partial charge in [-0.2, -0.15) is 4.98 Å². The molecule has 0 spiro atoms. The van der Waals surface area contributed by atoms with E-state index in [4.69, 9.17) is 0 Å². The fourth-order valence-corrected chi connectivity index (χ4v) is 3.11. The highest BCUT2D eigenvalue weighted by Gasteiger charge is 2.25. The fourth-order valence-electron chi connectivity index (χ4n) is 3.11. The van der Waals surface area contributed by atoms with Crippen molar-refractivity contribution < 1.29 is 9.90 Å². The second-order valence-electron chi connectivity index (χ2n) is 6.07. The van der Waals surface area contributed by atoms with Crippen molar-refractivity contribution in [2.45, 2.75) is 38.3 Å². The van der Waals surface area contributed by atoms with Crippen LogP contribution in [-0.2, 0) is 4.79 Å². The van der Waals surface area contributed by atoms with Crippen molar-refractivity contribution in [2.24, 2.45) is 0 Å². The van der Waals surface area contributed by atoms with E-state index in [0.717, 1.165) is 57.2 Å². The molecule has 0 unspecified atom stereocenters. The highest BCUT2D eigenvalue weighted by Crippen LogP contribution is 2.22. The number of hydrogen-bond acceptors (Lipinski definition) is 6. The van der Waals surface area contributed by atoms with Crippen LogP contribution in [0.3, 0.4) is 0 Å². The quantitative estimate of drug-likeness (QED) is 0.827. The Labute approximate surface area is 130 Å². The Hall–Kier alpha value is -1.89. The van der Waals surface area contributed by atoms with Crippen molar-refractivity contribution in [1.82, 2.24) is 15.3 Å². The summed E-state index contributed by atoms with van der Waals surface area (Å²) in [6.07, 6.45) is 4.09. The van der Waals surface area contributed by atoms with Gasteiger partial charge in [-0.05, 0) is 25.3 Å². The molecule has 1 atom stereocenters. The second kappa shape index (κ2) is 6.48. The highest BCUT2D eigenvalue weighted by molar-refractivity contribution is 5.73. The number of amides is 1. The molecule has 2 saturated heterocycles. The third kappa shape index (κ3) is 3.47. The van der Waals surface area contributed by atoms with E-state index in [1.165, 1.54) is 0 Å². The zero-order valence-electron chi connectivity index (χ0n) is 12.9. The van der Waals surface area contributed by atoms with Crippen molar-refractivity contribution in [2.75, 3.05) is 36.0 Å². The van der Waals surface area contributed by atoms with Gasteiger partial charge in [-0.25, -0.2) is 4.98 Å². The summed E-state index contributed by atoms with van der Waals surface area (Å²) in [5.74, 6) is 1.64. The molecule has 2 aliphatic rings. The number of hydrogen-bond donors (Lipinski definition) is 2. The standard InChI is InChI=1S/C15H23N5O2/c1-11(21)17-12-3-7-20(10-12)15-16-6-2-14(18-15)19-8-4-13(22)5-9-19/h2,6,12-13,22H,3-5,7-10H2,1H3,(H,17,21)/t12-/m0/s1. The summed E-state index contributed by atoms with van der Waals surface area (Å²) in [5.41, 5.74) is 0. The number of aliphatic hydroxyl groups excluding tert-OH is 1. The van der Waals surface area contributed by atoms with Crippen molar-refractivity contribution in [3.63, 3.8) is 0 Å². The fraction of sp³-hybridized carbons (Fsp3) is 0.667. The van der Waals surface area contributed by atoms with Gasteiger partial charge in [0.15, 0.2) is 0 Å². The van der Waals surface area contributed by atoms with E-state index in [-0.39, 0.29) is 18.1 Å². The molecule has 2 aliphatic heterocycles. The number of aromatic nitrogens is 2. The predicted molar refractivity (Wildman–Crippen MR) is 83.9 cm³/mol. The molecular weight excluding hydrogens is 282 g/mol. The van der Waals surface area contributed by atoms with Crippen LogP contribution in [0.2, 0.25) is 0 Å². The number of anilines is 2. The highest BCUT2D eigenvalue weighted by atomic mass is 16.3. The lowest BCUT2D eigenvalue weighted by molar-refractivity contribution is -0.119. The Bertz CT molecular complexity index is 530. The lowest BCUT2D eigenvalue weighted by atomic mass is 10.1. The summed E-state index contributed by atoms with van der Waals surface area (Å²) in [5, 5.41) is 12.5. The molecule has 0 radical (unpaired) electrons. The first-order chi connectivity index (χ1) is 10.6. The number of nitrogens with one attached hydrogen (secondary N) is 1. The second-order valence-corrected chi connectivity index (χ2v) is 6.07. The van der Waals surface area contributed by atoms with Gasteiger partial charge < -0.3 is 20.2 Å². The molecule has 3 rings (SSSR count). The molecule has 1 aromatic rings. The molecule has 120 valence electrons. The maximum absolute atomic E-state index is 11.1. The van der Waals surface area contributed by atoms with Crippen LogP contribution in [0.15, 0.2) is 12.3 Å². The van der Waals surface area contributed by atoms with Gasteiger partial charge in [0.25, 0.3) is 0 Å². The van der Waals surface area contributed by atoms with Gasteiger partial charge in [0, 0.05) is 45.3 Å². The maximum Gasteiger partial charge on any atom is 0.227 e. The number of carbonyl (C=O) groups excluding carboxylic acids is 1. The minimum atomic E-state index is -0.186. The molecule has 0 aliphatic carbocycles. The topological polar surface area (TPSA) is 81.6 Å². The van der Waals surface area contributed by atoms with E-state index in [0.29, 0.717) is 0 Å². The van der Waals surface area contributed by atoms with E-state index in [2.05, 4.69) is 25.1 Å². The van der Waals surface area contributed by atoms with Crippen molar-refractivity contribution in [3.8, 4) is 0 Å². The summed E-state index contributed by atoms with van der Waals surface area (Å²) in [6.45, 7) is 4.80. The van der Waals surface area contributed by atoms with Gasteiger partial charge >= 0.3 is 0 Å². The molecule has 0 bridgehead atoms. The SMILES string of the molecule is CC(=O)N[C@H]1CCN(c2nccc(N3CCC(O)CC3)n2)C1. The largest absolute Gasteiger partial charge is 0.393 e. The Morgan fingerprint density at radius 2 is 2.00 bits per heavy atom. The Kier molecular flexibility index (Phi) is 4.42. The minimum absolute atomic E-state index is 0.00777. The summed E-state index contributed by atoms with van der Waals surface area (Å²) >= 11 is 0. The third-order valence-corrected chi connectivity index (χ3v) is 4.30. The molecule has 2 fully saturated rings. The first kappa shape index (κ1) is 15.0. The number of nitrogens with zero attached hydrogens (tertiary/aromatic N) is 4. The van der Waals surface area contributed by atoms with Crippen molar-refractivity contribution in [1.29, 1.82) is 0 Å². The van der Waals surface area contributed by atoms with Crippen molar-refractivity contribution in [3.05, 3.63) is 12.3 Å². The molecule has 0 saturated carbocycles. The van der Waals surface area contributed by atoms with Gasteiger partial charge in [0.05, 0.1) is 6.10 Å². The number of piperidine rings is 1. The first-order valence-electron chi connectivity index (χ1n) is 7.90. The Morgan fingerprint density at radius 1 is 1.27 bits per heavy atom. The van der Waals surface area contributed by atoms with Gasteiger partial charge in [0.2, 0.25) is 11.9 Å². The van der Waals surface area contributed by atoms with Crippen LogP contribution in [0.4, 0.5) is 11.8 Å². The van der Waals surface area contributed by atoms with Crippen LogP contribution < -0.4 is 15.1 Å². The van der Waals surface area contributed by atoms with Crippen molar-refractivity contribution >= 4 is 17.7 Å². The van der Waals surface area contributed by atoms with Gasteiger partial charge in [-0.15, -0.1) is 0 Å². The lowest BCUT2D eigenvalue weighted by Crippen LogP contribution is -2.37. The Morgan fingerprint density at radius 3 is 2.73 bits per heavy atom. The first-order valence-corrected chi connectivity index (χ1v) is 7.90. The normalized spacial score (nSPS) is 22.9. The zero-order chi connectivity index (χ0) is 15.5. The average Bonchev–Trinajstić information content (AvgIpc) is 2.96. The lowest BCUT2D eigenvalue weighted by Gasteiger charge is -2.31. The molecule has 7 nitrogen and oxygen atoms in total. The summed E-state index contributed by atoms with van der Waals surface area (Å²) in [7, 11) is 0. The molecule has 1 amide bonds. The van der Waals surface area contributed by atoms with Crippen LogP contribution in [0.25, 0.3) is 0 Å². The third-order valence-electron chi connectivity index (χ3n) is 4.30. The van der Waals surface area contributed by atoms with Crippen LogP contribution in [0.5, 0.6) is 0 Å². The van der Waals surface area contributed by atoms with Crippen LogP contribution >= 0.6 is 0 Å². The summed E-state index contributed by atoms with van der Waals surface area (Å²) in [4.78, 5) is 24.5. The van der Waals surface area contributed by atoms with E-state index in [9.17, 15) is 9.90 Å². The van der Waals surface area contributed by atoms with Gasteiger partial charge in [0.1, 0.15) is 5.82 Å². The molecule has 22 heavy (non-hydrogen) atoms. The molecule has 1 aromatic heterocycles. The average molecular weight is 305 g/mol. The van der Waals surface area contributed by atoms with E-state index < -0.39 is 0 Å². The van der Waals surface area contributed by atoms with Gasteiger partial charge in [-0.3, -0.25) is 4.79 Å². The predicted octanol–water partition coefficient (Wildman–Crippen LogP) is 0.152. The number of carbonyl (C=O) groups is 1. The Balaban J connectivity index is 1.65. The minimum Gasteiger partial charge on any atom is -0.393 e. The van der Waals surface area contributed by atoms with E-state index >= 15 is 0 Å². The molecule has 0 aromatic carbocycles. The molecule has 7 heteroatoms. The molecule has 3 heterocycles. The van der Waals surface area contributed by atoms with E-state index in [1.54, 1.807) is 13.1 Å². The van der Waals surface area contributed by atoms with Crippen LogP contribution in [0, 0.1) is 0 Å². The van der Waals surface area contributed by atoms with Crippen LogP contribution in [-0.4, -0.2) is 59.3 Å². The van der Waals surface area contributed by atoms with Crippen LogP contribution in [0.1, 0.15) is 26.2 Å². The zero-order valence-corrected chi connectivity index (χ0v) is 12.9. The van der Waals surface area contributed by atoms with E-state index in [1.807, 2.05) is 6.07 Å².